The number of hydrogen-bond donors (Lipinski definition) is 0. The molecule has 0 amide bonds. The van der Waals surface area contributed by atoms with Gasteiger partial charge in [0.1, 0.15) is 5.69 Å². The Morgan fingerprint density at radius 2 is 2.00 bits per heavy atom. The number of rotatable bonds is 6. The van der Waals surface area contributed by atoms with Crippen LogP contribution in [0.3, 0.4) is 0 Å². The third-order valence-corrected chi connectivity index (χ3v) is 5.20. The van der Waals surface area contributed by atoms with Crippen LogP contribution in [0.15, 0.2) is 30.3 Å². The Labute approximate surface area is 148 Å². The molecule has 0 aliphatic rings. The van der Waals surface area contributed by atoms with Crippen molar-refractivity contribution in [3.8, 4) is 0 Å². The van der Waals surface area contributed by atoms with E-state index in [9.17, 15) is 4.79 Å². The van der Waals surface area contributed by atoms with Gasteiger partial charge in [-0.05, 0) is 18.2 Å². The van der Waals surface area contributed by atoms with Gasteiger partial charge in [-0.2, -0.15) is 0 Å². The van der Waals surface area contributed by atoms with Crippen LogP contribution in [0.25, 0.3) is 0 Å². The molecule has 2 aromatic rings. The Hall–Kier alpha value is -0.750. The van der Waals surface area contributed by atoms with Crippen LogP contribution in [-0.4, -0.2) is 30.2 Å². The number of nitrogens with zero attached hydrogens (tertiary/aromatic N) is 3. The third kappa shape index (κ3) is 3.59. The summed E-state index contributed by atoms with van der Waals surface area (Å²) in [5, 5.41) is 7.76. The second kappa shape index (κ2) is 7.21. The maximum Gasteiger partial charge on any atom is 0.230 e. The van der Waals surface area contributed by atoms with E-state index in [4.69, 9.17) is 34.8 Å². The van der Waals surface area contributed by atoms with Gasteiger partial charge in [0.25, 0.3) is 0 Å². The molecule has 0 N–H and O–H groups in total. The maximum atomic E-state index is 12.6. The van der Waals surface area contributed by atoms with E-state index >= 15 is 0 Å². The molecular formula is C14H14Cl3N3OS. The minimum absolute atomic E-state index is 0.00448. The summed E-state index contributed by atoms with van der Waals surface area (Å²) in [7, 11) is 0. The van der Waals surface area contributed by atoms with E-state index in [1.54, 1.807) is 0 Å². The van der Waals surface area contributed by atoms with Gasteiger partial charge in [-0.1, -0.05) is 77.3 Å². The zero-order valence-corrected chi connectivity index (χ0v) is 15.0. The molecule has 1 heterocycles. The number of thioether (sulfide) groups is 1. The number of carbonyl (C=O) groups excluding carboxylic acids is 1. The standard InChI is InChI=1S/C14H14Cl3N3OS/c1-3-22-14(16,17)12(21)11-13(15)18-19-20(11)9(2)10-7-5-4-6-8-10/h4-9H,3H2,1-2H3/t9-/m1/s1. The number of alkyl halides is 2. The number of carbonyl (C=O) groups is 1. The Balaban J connectivity index is 2.42. The Bertz CT molecular complexity index is 661. The van der Waals surface area contributed by atoms with Crippen molar-refractivity contribution in [2.75, 3.05) is 5.75 Å². The van der Waals surface area contributed by atoms with E-state index in [1.165, 1.54) is 4.68 Å². The summed E-state index contributed by atoms with van der Waals surface area (Å²) < 4.78 is -0.163. The molecule has 0 aliphatic carbocycles. The lowest BCUT2D eigenvalue weighted by molar-refractivity contribution is 0.0987. The fraction of sp³-hybridized carbons (Fsp3) is 0.357. The first kappa shape index (κ1) is 17.6. The zero-order valence-electron chi connectivity index (χ0n) is 12.0. The molecule has 0 aliphatic heterocycles. The lowest BCUT2D eigenvalue weighted by Gasteiger charge is -2.19. The number of ketones is 1. The molecule has 0 bridgehead atoms. The Kier molecular flexibility index (Phi) is 5.77. The monoisotopic (exact) mass is 377 g/mol. The van der Waals surface area contributed by atoms with Crippen LogP contribution >= 0.6 is 46.6 Å². The molecule has 1 aromatic carbocycles. The lowest BCUT2D eigenvalue weighted by atomic mass is 10.1. The van der Waals surface area contributed by atoms with Crippen molar-refractivity contribution in [2.24, 2.45) is 0 Å². The molecule has 8 heteroatoms. The van der Waals surface area contributed by atoms with Gasteiger partial charge in [-0.25, -0.2) is 4.68 Å². The molecule has 0 saturated heterocycles. The summed E-state index contributed by atoms with van der Waals surface area (Å²) in [6, 6.07) is 9.37. The van der Waals surface area contributed by atoms with Crippen LogP contribution in [0.5, 0.6) is 0 Å². The van der Waals surface area contributed by atoms with E-state index in [0.717, 1.165) is 17.3 Å². The van der Waals surface area contributed by atoms with Crippen LogP contribution in [0, 0.1) is 0 Å². The molecule has 22 heavy (non-hydrogen) atoms. The van der Waals surface area contributed by atoms with Crippen molar-refractivity contribution in [3.05, 3.63) is 46.7 Å². The molecule has 4 nitrogen and oxygen atoms in total. The first-order valence-corrected chi connectivity index (χ1v) is 8.72. The van der Waals surface area contributed by atoms with Gasteiger partial charge >= 0.3 is 0 Å². The molecule has 0 radical (unpaired) electrons. The summed E-state index contributed by atoms with van der Waals surface area (Å²) in [6.07, 6.45) is 0. The first-order chi connectivity index (χ1) is 10.4. The number of halogens is 3. The van der Waals surface area contributed by atoms with Crippen LogP contribution in [0.1, 0.15) is 35.9 Å². The topological polar surface area (TPSA) is 47.8 Å². The fourth-order valence-corrected chi connectivity index (χ4v) is 3.63. The van der Waals surface area contributed by atoms with Gasteiger partial charge in [0.05, 0.1) is 6.04 Å². The normalized spacial score (nSPS) is 13.1. The van der Waals surface area contributed by atoms with Crippen LogP contribution in [-0.2, 0) is 0 Å². The predicted molar refractivity (Wildman–Crippen MR) is 92.2 cm³/mol. The molecule has 1 atom stereocenters. The van der Waals surface area contributed by atoms with Gasteiger partial charge in [0.15, 0.2) is 5.15 Å². The van der Waals surface area contributed by atoms with Crippen molar-refractivity contribution >= 4 is 52.3 Å². The van der Waals surface area contributed by atoms with Crippen molar-refractivity contribution in [3.63, 3.8) is 0 Å². The van der Waals surface area contributed by atoms with Gasteiger partial charge in [0, 0.05) is 0 Å². The summed E-state index contributed by atoms with van der Waals surface area (Å²) in [4.78, 5) is 12.6. The average Bonchev–Trinajstić information content (AvgIpc) is 2.88. The number of Topliss-reactive ketones (excluding diaryl/α,β-unsaturated/α-hetero) is 1. The minimum Gasteiger partial charge on any atom is -0.288 e. The van der Waals surface area contributed by atoms with Crippen LogP contribution in [0.2, 0.25) is 5.15 Å². The third-order valence-electron chi connectivity index (χ3n) is 3.11. The quantitative estimate of drug-likeness (QED) is 0.544. The molecule has 0 unspecified atom stereocenters. The number of benzene rings is 1. The highest BCUT2D eigenvalue weighted by molar-refractivity contribution is 8.04. The molecule has 0 fully saturated rings. The number of hydrogen-bond acceptors (Lipinski definition) is 4. The fourth-order valence-electron chi connectivity index (χ4n) is 2.00. The largest absolute Gasteiger partial charge is 0.288 e. The Morgan fingerprint density at radius 3 is 2.59 bits per heavy atom. The smallest absolute Gasteiger partial charge is 0.230 e. The zero-order chi connectivity index (χ0) is 16.3. The predicted octanol–water partition coefficient (Wildman–Crippen LogP) is 4.61. The molecule has 118 valence electrons. The highest BCUT2D eigenvalue weighted by atomic mass is 35.5. The van der Waals surface area contributed by atoms with Crippen molar-refractivity contribution in [1.29, 1.82) is 0 Å². The van der Waals surface area contributed by atoms with Crippen LogP contribution in [0.4, 0.5) is 0 Å². The average molecular weight is 379 g/mol. The van der Waals surface area contributed by atoms with E-state index in [0.29, 0.717) is 5.75 Å². The number of aromatic nitrogens is 3. The van der Waals surface area contributed by atoms with Gasteiger partial charge < -0.3 is 0 Å². The van der Waals surface area contributed by atoms with E-state index < -0.39 is 9.45 Å². The summed E-state index contributed by atoms with van der Waals surface area (Å²) >= 11 is 19.4. The second-order valence-electron chi connectivity index (χ2n) is 4.54. The lowest BCUT2D eigenvalue weighted by Crippen LogP contribution is -2.27. The Morgan fingerprint density at radius 1 is 1.36 bits per heavy atom. The van der Waals surface area contributed by atoms with Crippen molar-refractivity contribution in [2.45, 2.75) is 23.6 Å². The highest BCUT2D eigenvalue weighted by Crippen LogP contribution is 2.39. The van der Waals surface area contributed by atoms with Gasteiger partial charge in [-0.15, -0.1) is 16.9 Å². The summed E-state index contributed by atoms with van der Waals surface area (Å²) in [5.74, 6) is 0.0760. The maximum absolute atomic E-state index is 12.6. The van der Waals surface area contributed by atoms with E-state index in [1.807, 2.05) is 44.2 Å². The van der Waals surface area contributed by atoms with Crippen LogP contribution < -0.4 is 0 Å². The van der Waals surface area contributed by atoms with Gasteiger partial charge in [-0.3, -0.25) is 4.79 Å². The molecular weight excluding hydrogens is 365 g/mol. The SMILES string of the molecule is CCSC(Cl)(Cl)C(=O)c1c(Cl)nnn1[C@H](C)c1ccccc1. The molecule has 0 saturated carbocycles. The summed E-state index contributed by atoms with van der Waals surface area (Å²) in [6.45, 7) is 3.76. The minimum atomic E-state index is -1.62. The van der Waals surface area contributed by atoms with E-state index in [-0.39, 0.29) is 16.9 Å². The highest BCUT2D eigenvalue weighted by Gasteiger charge is 2.39. The molecule has 2 rings (SSSR count). The molecule has 1 aromatic heterocycles. The van der Waals surface area contributed by atoms with E-state index in [2.05, 4.69) is 10.3 Å². The van der Waals surface area contributed by atoms with Crippen molar-refractivity contribution < 1.29 is 4.79 Å². The second-order valence-corrected chi connectivity index (χ2v) is 8.15. The first-order valence-electron chi connectivity index (χ1n) is 6.60. The van der Waals surface area contributed by atoms with Gasteiger partial charge in [0.2, 0.25) is 9.45 Å². The molecule has 0 spiro atoms. The van der Waals surface area contributed by atoms with Crippen molar-refractivity contribution in [1.82, 2.24) is 15.0 Å². The summed E-state index contributed by atoms with van der Waals surface area (Å²) in [5.41, 5.74) is 1.08.